The van der Waals surface area contributed by atoms with Crippen LogP contribution in [0.2, 0.25) is 0 Å². The minimum Gasteiger partial charge on any atom is -0.851 e. The van der Waals surface area contributed by atoms with Gasteiger partial charge in [-0.3, -0.25) is 0 Å². The first-order valence-corrected chi connectivity index (χ1v) is 16.6. The molecule has 2 unspecified atom stereocenters. The Bertz CT molecular complexity index is 1970. The van der Waals surface area contributed by atoms with Gasteiger partial charge >= 0.3 is 0 Å². The topological polar surface area (TPSA) is 105 Å². The quantitative estimate of drug-likeness (QED) is 0.151. The zero-order valence-corrected chi connectivity index (χ0v) is 27.1. The van der Waals surface area contributed by atoms with Crippen LogP contribution in [0.15, 0.2) is 84.9 Å². The summed E-state index contributed by atoms with van der Waals surface area (Å²) in [5.74, 6) is -1.51. The number of hydrogen-bond donors (Lipinski definition) is 2. The van der Waals surface area contributed by atoms with Crippen LogP contribution in [0.4, 0.5) is 22.7 Å². The summed E-state index contributed by atoms with van der Waals surface area (Å²) >= 11 is 0. The van der Waals surface area contributed by atoms with Gasteiger partial charge in [0.05, 0.1) is 11.4 Å². The van der Waals surface area contributed by atoms with E-state index >= 15 is 0 Å². The molecule has 0 spiro atoms. The molecule has 1 aliphatic rings. The normalized spacial score (nSPS) is 19.6. The van der Waals surface area contributed by atoms with E-state index in [-0.39, 0.29) is 0 Å². The fraction of sp³-hybridized carbons (Fsp3) is 0.300. The van der Waals surface area contributed by atoms with Gasteiger partial charge in [-0.2, -0.15) is 0 Å². The molecule has 0 heterocycles. The molecule has 0 bridgehead atoms. The molecule has 4 N–H and O–H groups in total. The molecular formula is C40H42N4O2-2. The van der Waals surface area contributed by atoms with Crippen molar-refractivity contribution in [1.29, 1.82) is 0 Å². The smallest absolute Gasteiger partial charge is 0.0527 e. The molecule has 0 aromatic heterocycles. The van der Waals surface area contributed by atoms with Crippen LogP contribution in [0, 0.1) is 0 Å². The van der Waals surface area contributed by atoms with Gasteiger partial charge in [-0.15, -0.1) is 12.2 Å². The van der Waals surface area contributed by atoms with Gasteiger partial charge in [0.1, 0.15) is 0 Å². The SMILES string of the molecule is CCN(CC)c1c2ccccc2c(C2C([O-])C(c3c4c(N)cccc4c(N(CC)CC)c4cccc(N)c34)C2[O-])c2ccccc12. The number of fused-ring (bicyclic) bond motifs is 4. The number of anilines is 4. The van der Waals surface area contributed by atoms with E-state index in [9.17, 15) is 10.2 Å². The summed E-state index contributed by atoms with van der Waals surface area (Å²) in [7, 11) is 0. The van der Waals surface area contributed by atoms with E-state index < -0.39 is 24.0 Å². The van der Waals surface area contributed by atoms with Crippen molar-refractivity contribution >= 4 is 65.8 Å². The maximum Gasteiger partial charge on any atom is 0.0527 e. The zero-order chi connectivity index (χ0) is 32.3. The van der Waals surface area contributed by atoms with Gasteiger partial charge in [-0.25, -0.2) is 0 Å². The van der Waals surface area contributed by atoms with Crippen LogP contribution in [-0.2, 0) is 0 Å². The number of nitrogen functional groups attached to an aromatic ring is 2. The molecule has 0 aliphatic heterocycles. The fourth-order valence-electron chi connectivity index (χ4n) is 8.33. The lowest BCUT2D eigenvalue weighted by Crippen LogP contribution is -2.63. The van der Waals surface area contributed by atoms with Crippen LogP contribution in [0.3, 0.4) is 0 Å². The molecule has 2 atom stereocenters. The second-order valence-corrected chi connectivity index (χ2v) is 12.5. The summed E-state index contributed by atoms with van der Waals surface area (Å²) in [6.45, 7) is 11.9. The third-order valence-electron chi connectivity index (χ3n) is 10.4. The number of rotatable bonds is 8. The third-order valence-corrected chi connectivity index (χ3v) is 10.4. The van der Waals surface area contributed by atoms with E-state index in [2.05, 4.69) is 73.9 Å². The van der Waals surface area contributed by atoms with Gasteiger partial charge in [-0.1, -0.05) is 72.8 Å². The van der Waals surface area contributed by atoms with Crippen molar-refractivity contribution in [3.63, 3.8) is 0 Å². The average molecular weight is 611 g/mol. The molecule has 6 heteroatoms. The molecule has 46 heavy (non-hydrogen) atoms. The number of benzene rings is 6. The molecule has 1 aliphatic carbocycles. The van der Waals surface area contributed by atoms with Crippen molar-refractivity contribution in [2.75, 3.05) is 47.4 Å². The number of hydrogen-bond acceptors (Lipinski definition) is 6. The van der Waals surface area contributed by atoms with Crippen LogP contribution in [0.1, 0.15) is 50.7 Å². The zero-order valence-electron chi connectivity index (χ0n) is 27.1. The van der Waals surface area contributed by atoms with Crippen LogP contribution >= 0.6 is 0 Å². The highest BCUT2D eigenvalue weighted by Gasteiger charge is 2.42. The van der Waals surface area contributed by atoms with Crippen LogP contribution in [-0.4, -0.2) is 38.4 Å². The minimum absolute atomic E-state index is 0.563. The van der Waals surface area contributed by atoms with Crippen molar-refractivity contribution in [3.8, 4) is 0 Å². The second-order valence-electron chi connectivity index (χ2n) is 12.5. The molecule has 0 amide bonds. The Morgan fingerprint density at radius 2 is 0.826 bits per heavy atom. The standard InChI is InChI=1S/C40H42N4O2/c1-5-43(6-2)37-25-17-11-9-15-23(25)31(24-16-10-12-18-26(24)37)35-39(45)36(40(35)46)34-32-27(19-13-21-29(32)41)38(44(7-3)8-4)28-20-14-22-30(42)33(28)34/h9-22,35-36,39-40H,5-8,41-42H2,1-4H3/q-2. The first-order chi connectivity index (χ1) is 22.4. The summed E-state index contributed by atoms with van der Waals surface area (Å²) in [5, 5.41) is 37.2. The summed E-state index contributed by atoms with van der Waals surface area (Å²) in [6.07, 6.45) is -2.34. The summed E-state index contributed by atoms with van der Waals surface area (Å²) in [4.78, 5) is 4.67. The van der Waals surface area contributed by atoms with Crippen molar-refractivity contribution in [2.24, 2.45) is 0 Å². The maximum atomic E-state index is 14.8. The highest BCUT2D eigenvalue weighted by Crippen LogP contribution is 2.55. The first kappa shape index (κ1) is 30.2. The Hall–Kier alpha value is -4.52. The molecule has 6 nitrogen and oxygen atoms in total. The average Bonchev–Trinajstić information content (AvgIpc) is 3.07. The summed E-state index contributed by atoms with van der Waals surface area (Å²) < 4.78 is 0. The predicted octanol–water partition coefficient (Wildman–Crippen LogP) is 6.50. The lowest BCUT2D eigenvalue weighted by atomic mass is 9.60. The predicted molar refractivity (Wildman–Crippen MR) is 192 cm³/mol. The van der Waals surface area contributed by atoms with Crippen LogP contribution < -0.4 is 31.5 Å². The van der Waals surface area contributed by atoms with Gasteiger partial charge in [0.15, 0.2) is 0 Å². The molecular weight excluding hydrogens is 568 g/mol. The molecule has 6 aromatic carbocycles. The molecule has 0 radical (unpaired) electrons. The fourth-order valence-corrected chi connectivity index (χ4v) is 8.33. The lowest BCUT2D eigenvalue weighted by molar-refractivity contribution is -0.535. The monoisotopic (exact) mass is 610 g/mol. The summed E-state index contributed by atoms with van der Waals surface area (Å²) in [5.41, 5.74) is 18.4. The Morgan fingerprint density at radius 3 is 1.24 bits per heavy atom. The van der Waals surface area contributed by atoms with Crippen LogP contribution in [0.5, 0.6) is 0 Å². The Kier molecular flexibility index (Phi) is 7.66. The van der Waals surface area contributed by atoms with E-state index in [4.69, 9.17) is 11.5 Å². The van der Waals surface area contributed by atoms with Gasteiger partial charge in [0, 0.05) is 69.9 Å². The number of nitrogens with two attached hydrogens (primary N) is 2. The Balaban J connectivity index is 1.49. The van der Waals surface area contributed by atoms with E-state index in [0.717, 1.165) is 86.2 Å². The maximum absolute atomic E-state index is 14.8. The first-order valence-electron chi connectivity index (χ1n) is 16.6. The van der Waals surface area contributed by atoms with Gasteiger partial charge in [0.25, 0.3) is 0 Å². The van der Waals surface area contributed by atoms with Gasteiger partial charge in [0.2, 0.25) is 0 Å². The van der Waals surface area contributed by atoms with Crippen molar-refractivity contribution < 1.29 is 10.2 Å². The van der Waals surface area contributed by atoms with E-state index in [0.29, 0.717) is 16.9 Å². The number of nitrogens with zero attached hydrogens (tertiary/aromatic N) is 2. The van der Waals surface area contributed by atoms with Crippen molar-refractivity contribution in [1.82, 2.24) is 0 Å². The van der Waals surface area contributed by atoms with E-state index in [1.807, 2.05) is 48.5 Å². The largest absolute Gasteiger partial charge is 0.851 e. The molecule has 6 aromatic rings. The van der Waals surface area contributed by atoms with E-state index in [1.54, 1.807) is 0 Å². The Labute approximate surface area is 270 Å². The second kappa shape index (κ2) is 11.7. The minimum atomic E-state index is -1.17. The third kappa shape index (κ3) is 4.24. The molecule has 7 rings (SSSR count). The molecule has 1 saturated carbocycles. The van der Waals surface area contributed by atoms with Crippen LogP contribution in [0.25, 0.3) is 43.1 Å². The van der Waals surface area contributed by atoms with Crippen molar-refractivity contribution in [3.05, 3.63) is 96.1 Å². The molecule has 236 valence electrons. The highest BCUT2D eigenvalue weighted by atomic mass is 16.3. The van der Waals surface area contributed by atoms with E-state index in [1.165, 1.54) is 0 Å². The summed E-state index contributed by atoms with van der Waals surface area (Å²) in [6, 6.07) is 28.3. The Morgan fingerprint density at radius 1 is 0.478 bits per heavy atom. The molecule has 1 fully saturated rings. The van der Waals surface area contributed by atoms with Gasteiger partial charge < -0.3 is 31.5 Å². The molecule has 0 saturated heterocycles. The van der Waals surface area contributed by atoms with Crippen molar-refractivity contribution in [2.45, 2.75) is 51.7 Å². The highest BCUT2D eigenvalue weighted by molar-refractivity contribution is 6.20. The lowest BCUT2D eigenvalue weighted by Gasteiger charge is -2.62. The van der Waals surface area contributed by atoms with Gasteiger partial charge in [-0.05, 0) is 73.6 Å².